The molecule has 1 fully saturated rings. The molecule has 0 aliphatic carbocycles. The fraction of sp³-hybridized carbons (Fsp3) is 0.263. The molecule has 3 rings (SSSR count). The molecule has 0 aromatic heterocycles. The second-order valence-electron chi connectivity index (χ2n) is 6.30. The van der Waals surface area contributed by atoms with Gasteiger partial charge in [0.15, 0.2) is 11.6 Å². The molecule has 1 heterocycles. The lowest BCUT2D eigenvalue weighted by Gasteiger charge is -2.37. The standard InChI is InChI=1S/C19H18F2N2O3/c1-11-18(25)22(2)6-7-23(11)19(26)13-5-3-4-12(8-13)15-9-14(20)10-16(21)17(15)24/h3-5,8-11,24H,6-7H2,1-2H3/t11-/m0/s1. The molecule has 26 heavy (non-hydrogen) atoms. The number of piperazine rings is 1. The van der Waals surface area contributed by atoms with Crippen molar-refractivity contribution in [2.45, 2.75) is 13.0 Å². The summed E-state index contributed by atoms with van der Waals surface area (Å²) >= 11 is 0. The first-order valence-corrected chi connectivity index (χ1v) is 8.14. The third-order valence-electron chi connectivity index (χ3n) is 4.59. The maximum Gasteiger partial charge on any atom is 0.254 e. The molecule has 1 atom stereocenters. The molecule has 2 aromatic rings. The Labute approximate surface area is 149 Å². The molecule has 0 unspecified atom stereocenters. The van der Waals surface area contributed by atoms with E-state index in [9.17, 15) is 23.5 Å². The van der Waals surface area contributed by atoms with E-state index in [0.29, 0.717) is 24.7 Å². The number of nitrogens with zero attached hydrogens (tertiary/aromatic N) is 2. The summed E-state index contributed by atoms with van der Waals surface area (Å²) < 4.78 is 27.1. The number of rotatable bonds is 2. The van der Waals surface area contributed by atoms with E-state index >= 15 is 0 Å². The van der Waals surface area contributed by atoms with Crippen LogP contribution in [0, 0.1) is 11.6 Å². The van der Waals surface area contributed by atoms with Crippen molar-refractivity contribution >= 4 is 11.8 Å². The molecular weight excluding hydrogens is 342 g/mol. The largest absolute Gasteiger partial charge is 0.504 e. The van der Waals surface area contributed by atoms with Crippen LogP contribution in [0.1, 0.15) is 17.3 Å². The highest BCUT2D eigenvalue weighted by Gasteiger charge is 2.33. The number of benzene rings is 2. The van der Waals surface area contributed by atoms with Gasteiger partial charge in [0.05, 0.1) is 0 Å². The molecule has 5 nitrogen and oxygen atoms in total. The third-order valence-corrected chi connectivity index (χ3v) is 4.59. The smallest absolute Gasteiger partial charge is 0.254 e. The maximum absolute atomic E-state index is 13.6. The van der Waals surface area contributed by atoms with Gasteiger partial charge in [-0.25, -0.2) is 8.78 Å². The van der Waals surface area contributed by atoms with E-state index in [1.807, 2.05) is 0 Å². The van der Waals surface area contributed by atoms with Crippen molar-refractivity contribution in [2.75, 3.05) is 20.1 Å². The van der Waals surface area contributed by atoms with Crippen LogP contribution in [0.4, 0.5) is 8.78 Å². The highest BCUT2D eigenvalue weighted by atomic mass is 19.1. The van der Waals surface area contributed by atoms with Crippen molar-refractivity contribution in [3.05, 3.63) is 53.6 Å². The minimum Gasteiger partial charge on any atom is -0.504 e. The molecule has 2 amide bonds. The first kappa shape index (κ1) is 17.8. The lowest BCUT2D eigenvalue weighted by molar-refractivity contribution is -0.137. The summed E-state index contributed by atoms with van der Waals surface area (Å²) in [5, 5.41) is 9.87. The quantitative estimate of drug-likeness (QED) is 0.896. The Morgan fingerprint density at radius 2 is 1.92 bits per heavy atom. The summed E-state index contributed by atoms with van der Waals surface area (Å²) in [7, 11) is 1.68. The van der Waals surface area contributed by atoms with Crippen LogP contribution in [0.15, 0.2) is 36.4 Å². The van der Waals surface area contributed by atoms with Gasteiger partial charge < -0.3 is 14.9 Å². The molecule has 1 saturated heterocycles. The van der Waals surface area contributed by atoms with E-state index in [4.69, 9.17) is 0 Å². The second-order valence-corrected chi connectivity index (χ2v) is 6.30. The first-order valence-electron chi connectivity index (χ1n) is 8.14. The van der Waals surface area contributed by atoms with Crippen molar-refractivity contribution < 1.29 is 23.5 Å². The molecule has 136 valence electrons. The number of phenols is 1. The topological polar surface area (TPSA) is 60.9 Å². The summed E-state index contributed by atoms with van der Waals surface area (Å²) in [6.45, 7) is 2.49. The number of amides is 2. The fourth-order valence-electron chi connectivity index (χ4n) is 3.06. The van der Waals surface area contributed by atoms with E-state index < -0.39 is 23.4 Å². The van der Waals surface area contributed by atoms with Crippen molar-refractivity contribution in [1.82, 2.24) is 9.80 Å². The van der Waals surface area contributed by atoms with Crippen LogP contribution in [0.5, 0.6) is 5.75 Å². The summed E-state index contributed by atoms with van der Waals surface area (Å²) in [6.07, 6.45) is 0. The zero-order valence-corrected chi connectivity index (χ0v) is 14.4. The van der Waals surface area contributed by atoms with Crippen LogP contribution >= 0.6 is 0 Å². The van der Waals surface area contributed by atoms with E-state index in [-0.39, 0.29) is 22.9 Å². The minimum absolute atomic E-state index is 0.0420. The molecule has 0 bridgehead atoms. The number of phenolic OH excluding ortho intramolecular Hbond substituents is 1. The van der Waals surface area contributed by atoms with E-state index in [2.05, 4.69) is 0 Å². The van der Waals surface area contributed by atoms with Crippen LogP contribution in [0.25, 0.3) is 11.1 Å². The number of hydrogen-bond acceptors (Lipinski definition) is 3. The number of halogens is 2. The van der Waals surface area contributed by atoms with Crippen molar-refractivity contribution in [1.29, 1.82) is 0 Å². The van der Waals surface area contributed by atoms with Gasteiger partial charge in [-0.2, -0.15) is 0 Å². The summed E-state index contributed by atoms with van der Waals surface area (Å²) in [5.74, 6) is -3.08. The number of carbonyl (C=O) groups excluding carboxylic acids is 2. The van der Waals surface area contributed by atoms with Gasteiger partial charge >= 0.3 is 0 Å². The van der Waals surface area contributed by atoms with Crippen LogP contribution in [0.3, 0.4) is 0 Å². The molecule has 2 aromatic carbocycles. The molecule has 7 heteroatoms. The monoisotopic (exact) mass is 360 g/mol. The molecule has 0 spiro atoms. The molecule has 1 aliphatic rings. The summed E-state index contributed by atoms with van der Waals surface area (Å²) in [6, 6.07) is 7.12. The molecular formula is C19H18F2N2O3. The van der Waals surface area contributed by atoms with Gasteiger partial charge in [0.2, 0.25) is 5.91 Å². The average Bonchev–Trinajstić information content (AvgIpc) is 2.62. The molecule has 0 saturated carbocycles. The highest BCUT2D eigenvalue weighted by Crippen LogP contribution is 2.33. The minimum atomic E-state index is -1.07. The summed E-state index contributed by atoms with van der Waals surface area (Å²) in [5.41, 5.74) is 0.537. The predicted molar refractivity (Wildman–Crippen MR) is 91.6 cm³/mol. The van der Waals surface area contributed by atoms with Crippen LogP contribution in [-0.2, 0) is 4.79 Å². The zero-order chi connectivity index (χ0) is 19.0. The Kier molecular flexibility index (Phi) is 4.63. The Bertz CT molecular complexity index is 885. The second kappa shape index (κ2) is 6.74. The molecule has 1 N–H and O–H groups in total. The van der Waals surface area contributed by atoms with Crippen LogP contribution in [-0.4, -0.2) is 52.9 Å². The van der Waals surface area contributed by atoms with Crippen LogP contribution in [0.2, 0.25) is 0 Å². The van der Waals surface area contributed by atoms with Crippen molar-refractivity contribution in [3.8, 4) is 16.9 Å². The number of likely N-dealkylation sites (N-methyl/N-ethyl adjacent to an activating group) is 1. The lowest BCUT2D eigenvalue weighted by Crippen LogP contribution is -2.56. The lowest BCUT2D eigenvalue weighted by atomic mass is 10.0. The highest BCUT2D eigenvalue weighted by molar-refractivity contribution is 5.99. The Morgan fingerprint density at radius 3 is 2.65 bits per heavy atom. The van der Waals surface area contributed by atoms with Gasteiger partial charge in [0.25, 0.3) is 5.91 Å². The van der Waals surface area contributed by atoms with E-state index in [0.717, 1.165) is 6.07 Å². The zero-order valence-electron chi connectivity index (χ0n) is 14.4. The average molecular weight is 360 g/mol. The fourth-order valence-corrected chi connectivity index (χ4v) is 3.06. The number of aromatic hydroxyl groups is 1. The van der Waals surface area contributed by atoms with Gasteiger partial charge in [-0.1, -0.05) is 12.1 Å². The first-order chi connectivity index (χ1) is 12.3. The SMILES string of the molecule is C[C@H]1C(=O)N(C)CCN1C(=O)c1cccc(-c2cc(F)cc(F)c2O)c1. The normalized spacial score (nSPS) is 17.5. The van der Waals surface area contributed by atoms with Gasteiger partial charge in [-0.05, 0) is 30.7 Å². The number of hydrogen-bond donors (Lipinski definition) is 1. The predicted octanol–water partition coefficient (Wildman–Crippen LogP) is 2.64. The van der Waals surface area contributed by atoms with E-state index in [1.165, 1.54) is 11.0 Å². The van der Waals surface area contributed by atoms with Crippen molar-refractivity contribution in [3.63, 3.8) is 0 Å². The van der Waals surface area contributed by atoms with Crippen molar-refractivity contribution in [2.24, 2.45) is 0 Å². The van der Waals surface area contributed by atoms with Gasteiger partial charge in [-0.3, -0.25) is 9.59 Å². The van der Waals surface area contributed by atoms with Gasteiger partial charge in [0, 0.05) is 37.3 Å². The number of carbonyl (C=O) groups is 2. The maximum atomic E-state index is 13.6. The van der Waals surface area contributed by atoms with Gasteiger partial charge in [0.1, 0.15) is 11.9 Å². The van der Waals surface area contributed by atoms with Crippen LogP contribution < -0.4 is 0 Å². The van der Waals surface area contributed by atoms with Gasteiger partial charge in [-0.15, -0.1) is 0 Å². The molecule has 0 radical (unpaired) electrons. The Hall–Kier alpha value is -2.96. The summed E-state index contributed by atoms with van der Waals surface area (Å²) in [4.78, 5) is 27.9. The molecule has 1 aliphatic heterocycles. The third kappa shape index (κ3) is 3.12. The Balaban J connectivity index is 1.95. The van der Waals surface area contributed by atoms with E-state index in [1.54, 1.807) is 37.1 Å². The Morgan fingerprint density at radius 1 is 1.19 bits per heavy atom.